The third kappa shape index (κ3) is 4.78. The van der Waals surface area contributed by atoms with Gasteiger partial charge in [0.05, 0.1) is 7.11 Å². The number of carbonyl (C=O) groups is 1. The van der Waals surface area contributed by atoms with Crippen molar-refractivity contribution < 1.29 is 9.53 Å². The number of rotatable bonds is 6. The monoisotopic (exact) mass is 238 g/mol. The number of carbonyl (C=O) groups excluding carboxylic acids is 1. The summed E-state index contributed by atoms with van der Waals surface area (Å²) in [5, 5.41) is 5.71. The van der Waals surface area contributed by atoms with Crippen LogP contribution in [0.15, 0.2) is 6.07 Å². The zero-order valence-electron chi connectivity index (χ0n) is 10.4. The highest BCUT2D eigenvalue weighted by atomic mass is 16.5. The van der Waals surface area contributed by atoms with E-state index in [9.17, 15) is 4.79 Å². The molecule has 2 N–H and O–H groups in total. The Bertz CT molecular complexity index is 382. The average molecular weight is 238 g/mol. The third-order valence-electron chi connectivity index (χ3n) is 2.07. The molecule has 94 valence electrons. The first-order chi connectivity index (χ1) is 8.15. The minimum atomic E-state index is -0.112. The van der Waals surface area contributed by atoms with Crippen LogP contribution in [0.2, 0.25) is 0 Å². The number of hydrogen-bond acceptors (Lipinski definition) is 5. The second kappa shape index (κ2) is 6.80. The van der Waals surface area contributed by atoms with Crippen molar-refractivity contribution >= 4 is 11.9 Å². The van der Waals surface area contributed by atoms with Crippen LogP contribution >= 0.6 is 0 Å². The molecule has 0 bridgehead atoms. The lowest BCUT2D eigenvalue weighted by atomic mass is 10.4. The molecule has 0 aliphatic rings. The van der Waals surface area contributed by atoms with E-state index in [1.54, 1.807) is 6.07 Å². The summed E-state index contributed by atoms with van der Waals surface area (Å²) in [6.45, 7) is 5.30. The van der Waals surface area contributed by atoms with E-state index < -0.39 is 0 Å². The molecular weight excluding hydrogens is 220 g/mol. The number of anilines is 1. The van der Waals surface area contributed by atoms with E-state index in [0.717, 1.165) is 12.2 Å². The van der Waals surface area contributed by atoms with Crippen LogP contribution < -0.4 is 15.4 Å². The van der Waals surface area contributed by atoms with E-state index in [2.05, 4.69) is 20.6 Å². The highest BCUT2D eigenvalue weighted by Gasteiger charge is 2.06. The predicted molar refractivity (Wildman–Crippen MR) is 65.1 cm³/mol. The first-order valence-corrected chi connectivity index (χ1v) is 5.56. The van der Waals surface area contributed by atoms with Gasteiger partial charge in [-0.25, -0.2) is 4.98 Å². The van der Waals surface area contributed by atoms with Crippen molar-refractivity contribution in [1.82, 2.24) is 15.3 Å². The topological polar surface area (TPSA) is 76.1 Å². The molecule has 0 saturated heterocycles. The standard InChI is InChI=1S/C11H18N4O2/c1-4-12-6-5-9(16)14-11-13-8(2)7-10(15-11)17-3/h7,12H,4-6H2,1-3H3,(H,13,14,15,16). The molecule has 0 atom stereocenters. The number of aryl methyl sites for hydroxylation is 1. The smallest absolute Gasteiger partial charge is 0.232 e. The van der Waals surface area contributed by atoms with Crippen LogP contribution in [0.25, 0.3) is 0 Å². The molecule has 0 radical (unpaired) electrons. The average Bonchev–Trinajstić information content (AvgIpc) is 2.28. The maximum atomic E-state index is 11.5. The SMILES string of the molecule is CCNCCC(=O)Nc1nc(C)cc(OC)n1. The second-order valence-electron chi connectivity index (χ2n) is 3.53. The number of hydrogen-bond donors (Lipinski definition) is 2. The Balaban J connectivity index is 2.55. The third-order valence-corrected chi connectivity index (χ3v) is 2.07. The molecule has 1 aromatic heterocycles. The molecule has 1 rings (SSSR count). The number of amides is 1. The fourth-order valence-corrected chi connectivity index (χ4v) is 1.27. The van der Waals surface area contributed by atoms with Gasteiger partial charge < -0.3 is 10.1 Å². The highest BCUT2D eigenvalue weighted by molar-refractivity contribution is 5.89. The van der Waals surface area contributed by atoms with Crippen molar-refractivity contribution in [1.29, 1.82) is 0 Å². The van der Waals surface area contributed by atoms with Gasteiger partial charge in [-0.2, -0.15) is 4.98 Å². The molecule has 0 aliphatic heterocycles. The Morgan fingerprint density at radius 1 is 1.47 bits per heavy atom. The van der Waals surface area contributed by atoms with Crippen molar-refractivity contribution in [2.45, 2.75) is 20.3 Å². The second-order valence-corrected chi connectivity index (χ2v) is 3.53. The molecule has 1 heterocycles. The Labute approximate surface area is 101 Å². The maximum absolute atomic E-state index is 11.5. The molecule has 6 heteroatoms. The van der Waals surface area contributed by atoms with Gasteiger partial charge in [-0.05, 0) is 13.5 Å². The van der Waals surface area contributed by atoms with Crippen LogP contribution in [-0.2, 0) is 4.79 Å². The number of nitrogens with one attached hydrogen (secondary N) is 2. The van der Waals surface area contributed by atoms with Gasteiger partial charge in [0.1, 0.15) is 0 Å². The quantitative estimate of drug-likeness (QED) is 0.715. The minimum Gasteiger partial charge on any atom is -0.481 e. The van der Waals surface area contributed by atoms with Crippen molar-refractivity contribution in [3.63, 3.8) is 0 Å². The zero-order valence-corrected chi connectivity index (χ0v) is 10.4. The molecule has 0 spiro atoms. The summed E-state index contributed by atoms with van der Waals surface area (Å²) in [4.78, 5) is 19.7. The summed E-state index contributed by atoms with van der Waals surface area (Å²) in [5.41, 5.74) is 0.749. The largest absolute Gasteiger partial charge is 0.481 e. The number of nitrogens with zero attached hydrogens (tertiary/aromatic N) is 2. The summed E-state index contributed by atoms with van der Waals surface area (Å²) in [7, 11) is 1.53. The van der Waals surface area contributed by atoms with Crippen LogP contribution in [0.4, 0.5) is 5.95 Å². The lowest BCUT2D eigenvalue weighted by molar-refractivity contribution is -0.116. The van der Waals surface area contributed by atoms with Crippen molar-refractivity contribution in [3.8, 4) is 5.88 Å². The van der Waals surface area contributed by atoms with Gasteiger partial charge in [-0.1, -0.05) is 6.92 Å². The normalized spacial score (nSPS) is 10.1. The number of methoxy groups -OCH3 is 1. The predicted octanol–water partition coefficient (Wildman–Crippen LogP) is 0.732. The van der Waals surface area contributed by atoms with E-state index in [1.807, 2.05) is 13.8 Å². The summed E-state index contributed by atoms with van der Waals surface area (Å²) in [5.74, 6) is 0.612. The van der Waals surface area contributed by atoms with Crippen LogP contribution in [0.5, 0.6) is 5.88 Å². The number of aromatic nitrogens is 2. The van der Waals surface area contributed by atoms with E-state index in [4.69, 9.17) is 4.74 Å². The Hall–Kier alpha value is -1.69. The maximum Gasteiger partial charge on any atom is 0.232 e. The van der Waals surface area contributed by atoms with Crippen LogP contribution in [-0.4, -0.2) is 36.1 Å². The fourth-order valence-electron chi connectivity index (χ4n) is 1.27. The van der Waals surface area contributed by atoms with Crippen LogP contribution in [0, 0.1) is 6.92 Å². The molecule has 0 aliphatic carbocycles. The Morgan fingerprint density at radius 3 is 2.88 bits per heavy atom. The molecule has 1 amide bonds. The lowest BCUT2D eigenvalue weighted by Gasteiger charge is -2.06. The van der Waals surface area contributed by atoms with E-state index in [-0.39, 0.29) is 11.9 Å². The number of ether oxygens (including phenoxy) is 1. The Morgan fingerprint density at radius 2 is 2.24 bits per heavy atom. The summed E-state index contributed by atoms with van der Waals surface area (Å²) in [6, 6.07) is 1.70. The molecule has 0 saturated carbocycles. The van der Waals surface area contributed by atoms with Gasteiger partial charge in [0.2, 0.25) is 17.7 Å². The van der Waals surface area contributed by atoms with Crippen molar-refractivity contribution in [3.05, 3.63) is 11.8 Å². The van der Waals surface area contributed by atoms with Gasteiger partial charge in [0.25, 0.3) is 0 Å². The molecule has 0 unspecified atom stereocenters. The van der Waals surface area contributed by atoms with Gasteiger partial charge in [0, 0.05) is 24.7 Å². The first-order valence-electron chi connectivity index (χ1n) is 5.56. The van der Waals surface area contributed by atoms with Crippen molar-refractivity contribution in [2.75, 3.05) is 25.5 Å². The molecule has 1 aromatic rings. The van der Waals surface area contributed by atoms with Gasteiger partial charge in [-0.3, -0.25) is 10.1 Å². The fraction of sp³-hybridized carbons (Fsp3) is 0.545. The van der Waals surface area contributed by atoms with Crippen LogP contribution in [0.1, 0.15) is 19.0 Å². The van der Waals surface area contributed by atoms with Gasteiger partial charge in [-0.15, -0.1) is 0 Å². The highest BCUT2D eigenvalue weighted by Crippen LogP contribution is 2.11. The summed E-state index contributed by atoms with van der Waals surface area (Å²) >= 11 is 0. The van der Waals surface area contributed by atoms with E-state index >= 15 is 0 Å². The zero-order chi connectivity index (χ0) is 12.7. The molecule has 17 heavy (non-hydrogen) atoms. The first kappa shape index (κ1) is 13.4. The van der Waals surface area contributed by atoms with Crippen molar-refractivity contribution in [2.24, 2.45) is 0 Å². The Kier molecular flexibility index (Phi) is 5.35. The lowest BCUT2D eigenvalue weighted by Crippen LogP contribution is -2.22. The molecular formula is C11H18N4O2. The molecule has 0 fully saturated rings. The summed E-state index contributed by atoms with van der Waals surface area (Å²) in [6.07, 6.45) is 0.396. The minimum absolute atomic E-state index is 0.112. The molecule has 0 aromatic carbocycles. The van der Waals surface area contributed by atoms with Crippen LogP contribution in [0.3, 0.4) is 0 Å². The van der Waals surface area contributed by atoms with Gasteiger partial charge in [0.15, 0.2) is 0 Å². The molecule has 6 nitrogen and oxygen atoms in total. The van der Waals surface area contributed by atoms with E-state index in [0.29, 0.717) is 18.8 Å². The van der Waals surface area contributed by atoms with E-state index in [1.165, 1.54) is 7.11 Å². The summed E-state index contributed by atoms with van der Waals surface area (Å²) < 4.78 is 5.00. The van der Waals surface area contributed by atoms with Gasteiger partial charge >= 0.3 is 0 Å².